The smallest absolute Gasteiger partial charge is 0.314 e. The fourth-order valence-electron chi connectivity index (χ4n) is 8.84. The van der Waals surface area contributed by atoms with E-state index in [0.29, 0.717) is 54.3 Å². The molecule has 0 saturated carbocycles. The molecule has 0 aliphatic carbocycles. The van der Waals surface area contributed by atoms with Crippen molar-refractivity contribution in [2.45, 2.75) is 138 Å². The number of amides is 6. The summed E-state index contributed by atoms with van der Waals surface area (Å²) in [5.41, 5.74) is 3.44. The maximum atomic E-state index is 12.0. The van der Waals surface area contributed by atoms with Gasteiger partial charge in [0.1, 0.15) is 0 Å². The molecule has 4 unspecified atom stereocenters. The first kappa shape index (κ1) is 95.7. The minimum Gasteiger partial charge on any atom is -0.467 e. The molecule has 0 fully saturated rings. The van der Waals surface area contributed by atoms with Crippen LogP contribution in [0.1, 0.15) is 173 Å². The largest absolute Gasteiger partial charge is 0.467 e. The van der Waals surface area contributed by atoms with Crippen molar-refractivity contribution in [2.24, 2.45) is 0 Å². The average molecular weight is 1520 g/mol. The molecule has 606 valence electrons. The maximum absolute atomic E-state index is 12.0. The van der Waals surface area contributed by atoms with Gasteiger partial charge in [0, 0.05) is 50.3 Å². The number of nitrogens with zero attached hydrogens (tertiary/aromatic N) is 12. The number of aromatic nitrogens is 6. The van der Waals surface area contributed by atoms with Crippen molar-refractivity contribution in [1.29, 1.82) is 0 Å². The molecule has 0 aromatic carbocycles. The monoisotopic (exact) mass is 1520 g/mol. The Hall–Kier alpha value is -9.36. The quantitative estimate of drug-likeness (QED) is 0.0232. The number of unbranched alkanes of at least 4 members (excludes halogenated alkanes) is 4. The van der Waals surface area contributed by atoms with E-state index in [4.69, 9.17) is 55.6 Å². The van der Waals surface area contributed by atoms with Gasteiger partial charge in [0.2, 0.25) is 0 Å². The number of hydrogen-bond acceptors (Lipinski definition) is 30. The van der Waals surface area contributed by atoms with Crippen LogP contribution in [0.4, 0.5) is 0 Å². The molecular formula is C71H124N18O18. The lowest BCUT2D eigenvalue weighted by molar-refractivity contribution is 0.0901. The molecule has 6 heterocycles. The number of rotatable bonds is 40. The van der Waals surface area contributed by atoms with Gasteiger partial charge in [0.15, 0.2) is 34.2 Å². The first-order valence-electron chi connectivity index (χ1n) is 35.6. The number of hydrogen-bond donors (Lipinski definition) is 6. The molecule has 6 N–H and O–H groups in total. The van der Waals surface area contributed by atoms with Gasteiger partial charge in [-0.05, 0) is 210 Å². The Labute approximate surface area is 630 Å². The molecule has 0 saturated heterocycles. The lowest BCUT2D eigenvalue weighted by atomic mass is 10.1. The first-order valence-corrected chi connectivity index (χ1v) is 35.6. The van der Waals surface area contributed by atoms with E-state index < -0.39 is 0 Å². The maximum Gasteiger partial charge on any atom is 0.314 e. The molecule has 4 atom stereocenters. The lowest BCUT2D eigenvalue weighted by Crippen LogP contribution is -2.46. The van der Waals surface area contributed by atoms with E-state index >= 15 is 0 Å². The summed E-state index contributed by atoms with van der Waals surface area (Å²) >= 11 is 0. The molecule has 107 heavy (non-hydrogen) atoms. The number of carbonyl (C=O) groups excluding carboxylic acids is 6. The lowest BCUT2D eigenvalue weighted by Gasteiger charge is -2.26. The Morgan fingerprint density at radius 2 is 0.636 bits per heavy atom. The molecule has 0 aliphatic rings. The molecular weight excluding hydrogens is 1390 g/mol. The number of nitrogens with one attached hydrogen (secondary N) is 6. The standard InChI is InChI=1S/C13H23N3O3.3C12H21N3O3.2C11H19N3O3/c1-5-16(3)9-7-6-8-14-12(17)11-10(2)13(18-4)19-15-11;1-7-10(14-18-12(7)17-6)11(16)13-8(2)9(3)15(4)5;1-9-10(14-18-12(9)17-4)11(16)13-7-5-6-8-15(2)3;1-4-15(2)8-6-5-7-13-12(16)10-9-11(17-3)18-14-10;1-7(8(2)14(3)4)12-11(15)9-6-10(16-5)17-13-9;1-14(2)7-5-4-6-12-11(15)9-8-10(16-3)17-13-9/h5-9H2,1-4H3,(H,14,17);8-9H,1-6H3,(H,13,16);5-8H2,1-4H3,(H,13,16);9H,4-8H2,1-3H3,(H,13,16);6-8H,1-5H3,(H,12,15);8H,4-7H2,1-3H3,(H,12,15). The Kier molecular flexibility index (Phi) is 47.8. The van der Waals surface area contributed by atoms with Crippen LogP contribution < -0.4 is 60.3 Å². The first-order chi connectivity index (χ1) is 50.8. The molecule has 0 radical (unpaired) electrons. The number of methoxy groups -OCH3 is 6. The third-order valence-corrected chi connectivity index (χ3v) is 16.6. The highest BCUT2D eigenvalue weighted by Gasteiger charge is 2.25. The van der Waals surface area contributed by atoms with Gasteiger partial charge >= 0.3 is 35.7 Å². The summed E-state index contributed by atoms with van der Waals surface area (Å²) in [7, 11) is 29.0. The van der Waals surface area contributed by atoms with Gasteiger partial charge < -0.3 is 117 Å². The Morgan fingerprint density at radius 3 is 0.888 bits per heavy atom. The van der Waals surface area contributed by atoms with Crippen molar-refractivity contribution in [3.8, 4) is 35.7 Å². The summed E-state index contributed by atoms with van der Waals surface area (Å²) < 4.78 is 58.3. The molecule has 0 spiro atoms. The van der Waals surface area contributed by atoms with Gasteiger partial charge in [-0.1, -0.05) is 44.8 Å². The van der Waals surface area contributed by atoms with Gasteiger partial charge in [0.25, 0.3) is 35.4 Å². The van der Waals surface area contributed by atoms with Crippen LogP contribution in [0.2, 0.25) is 0 Å². The van der Waals surface area contributed by atoms with Gasteiger partial charge in [-0.25, -0.2) is 0 Å². The highest BCUT2D eigenvalue weighted by molar-refractivity contribution is 5.96. The van der Waals surface area contributed by atoms with E-state index in [0.717, 1.165) is 90.6 Å². The van der Waals surface area contributed by atoms with Crippen molar-refractivity contribution in [2.75, 3.05) is 179 Å². The van der Waals surface area contributed by atoms with E-state index in [9.17, 15) is 28.8 Å². The minimum atomic E-state index is -0.266. The van der Waals surface area contributed by atoms with Crippen LogP contribution in [-0.2, 0) is 0 Å². The Balaban J connectivity index is 0.000000642. The van der Waals surface area contributed by atoms with Crippen molar-refractivity contribution < 1.29 is 84.3 Å². The molecule has 36 heteroatoms. The molecule has 6 aromatic heterocycles. The summed E-state index contributed by atoms with van der Waals surface area (Å²) in [5.74, 6) is 0.136. The van der Waals surface area contributed by atoms with Crippen LogP contribution in [0.5, 0.6) is 35.7 Å². The highest BCUT2D eigenvalue weighted by Crippen LogP contribution is 2.23. The number of likely N-dealkylation sites (N-methyl/N-ethyl adjacent to an activating group) is 2. The van der Waals surface area contributed by atoms with E-state index in [1.165, 1.54) is 60.9 Å². The van der Waals surface area contributed by atoms with E-state index in [-0.39, 0.29) is 118 Å². The van der Waals surface area contributed by atoms with Crippen LogP contribution in [0.15, 0.2) is 45.3 Å². The zero-order chi connectivity index (χ0) is 80.7. The fraction of sp³-hybridized carbons (Fsp3) is 0.662. The Morgan fingerprint density at radius 1 is 0.364 bits per heavy atom. The van der Waals surface area contributed by atoms with Crippen LogP contribution in [0.25, 0.3) is 0 Å². The Bertz CT molecular complexity index is 3430. The fourth-order valence-corrected chi connectivity index (χ4v) is 8.84. The summed E-state index contributed by atoms with van der Waals surface area (Å²) in [6.07, 6.45) is 8.01. The molecule has 6 aromatic rings. The van der Waals surface area contributed by atoms with Crippen molar-refractivity contribution in [1.82, 2.24) is 92.2 Å². The van der Waals surface area contributed by atoms with Crippen LogP contribution >= 0.6 is 0 Å². The second-order valence-corrected chi connectivity index (χ2v) is 25.8. The van der Waals surface area contributed by atoms with E-state index in [1.54, 1.807) is 20.8 Å². The predicted molar refractivity (Wildman–Crippen MR) is 402 cm³/mol. The SMILES string of the molecule is CCN(C)CCCCNC(=O)c1cc(OC)on1.CCN(C)CCCCNC(=O)c1noc(OC)c1C.COc1cc(C(=O)NC(C)C(C)N(C)C)no1.COc1cc(C(=O)NCCCCN(C)C)no1.COc1onc(C(=O)NC(C)C(C)N(C)C)c1C.COc1onc(C(=O)NCCCCN(C)C)c1C. The average Bonchev–Trinajstić information content (AvgIpc) is 1.69. The van der Waals surface area contributed by atoms with Crippen molar-refractivity contribution in [3.05, 3.63) is 69.1 Å². The molecule has 0 bridgehead atoms. The summed E-state index contributed by atoms with van der Waals surface area (Å²) in [6.45, 7) is 26.3. The highest BCUT2D eigenvalue weighted by atomic mass is 16.6. The molecule has 6 rings (SSSR count). The van der Waals surface area contributed by atoms with Crippen molar-refractivity contribution >= 4 is 35.4 Å². The topological polar surface area (TPSA) is 406 Å². The van der Waals surface area contributed by atoms with Crippen molar-refractivity contribution in [3.63, 3.8) is 0 Å². The van der Waals surface area contributed by atoms with Crippen LogP contribution in [-0.4, -0.2) is 299 Å². The molecule has 6 amide bonds. The minimum absolute atomic E-state index is 0.00888. The molecule has 36 nitrogen and oxygen atoms in total. The normalized spacial score (nSPS) is 11.9. The zero-order valence-corrected chi connectivity index (χ0v) is 68.0. The summed E-state index contributed by atoms with van der Waals surface area (Å²) in [6, 6.07) is 4.88. The van der Waals surface area contributed by atoms with Gasteiger partial charge in [-0.2, -0.15) is 0 Å². The third-order valence-electron chi connectivity index (χ3n) is 16.6. The van der Waals surface area contributed by atoms with Gasteiger partial charge in [0.05, 0.1) is 77.5 Å². The van der Waals surface area contributed by atoms with E-state index in [1.807, 2.05) is 93.9 Å². The second-order valence-electron chi connectivity index (χ2n) is 25.8. The van der Waals surface area contributed by atoms with Gasteiger partial charge in [-0.15, -0.1) is 0 Å². The second kappa shape index (κ2) is 53.4. The molecule has 0 aliphatic heterocycles. The zero-order valence-electron chi connectivity index (χ0n) is 68.0. The summed E-state index contributed by atoms with van der Waals surface area (Å²) in [4.78, 5) is 83.5. The number of carbonyl (C=O) groups is 6. The van der Waals surface area contributed by atoms with Crippen LogP contribution in [0.3, 0.4) is 0 Å². The predicted octanol–water partition coefficient (Wildman–Crippen LogP) is 6.23. The third kappa shape index (κ3) is 37.2. The van der Waals surface area contributed by atoms with E-state index in [2.05, 4.69) is 110 Å². The number of ether oxygens (including phenoxy) is 6. The van der Waals surface area contributed by atoms with Crippen LogP contribution in [0, 0.1) is 20.8 Å². The van der Waals surface area contributed by atoms with Gasteiger partial charge in [-0.3, -0.25) is 28.8 Å². The summed E-state index contributed by atoms with van der Waals surface area (Å²) in [5, 5.41) is 38.9.